The predicted molar refractivity (Wildman–Crippen MR) is 53.7 cm³/mol. The van der Waals surface area contributed by atoms with Crippen LogP contribution in [0.25, 0.3) is 0 Å². The summed E-state index contributed by atoms with van der Waals surface area (Å²) in [7, 11) is 0. The Morgan fingerprint density at radius 1 is 1.50 bits per heavy atom. The van der Waals surface area contributed by atoms with Gasteiger partial charge in [-0.3, -0.25) is 4.79 Å². The molecule has 0 aliphatic carbocycles. The quantitative estimate of drug-likeness (QED) is 0.362. The fourth-order valence-electron chi connectivity index (χ4n) is 1.58. The van der Waals surface area contributed by atoms with Gasteiger partial charge in [-0.1, -0.05) is 0 Å². The van der Waals surface area contributed by atoms with Gasteiger partial charge in [0.1, 0.15) is 6.04 Å². The first kappa shape index (κ1) is 12.9. The number of β-amino-alcohol motifs (C(OH)–C–C–N with tert-alkyl or cyclic N) is 1. The van der Waals surface area contributed by atoms with Crippen LogP contribution in [-0.4, -0.2) is 58.5 Å². The van der Waals surface area contributed by atoms with Crippen molar-refractivity contribution < 1.29 is 24.9 Å². The van der Waals surface area contributed by atoms with Crippen LogP contribution < -0.4 is 10.6 Å². The second-order valence-electron chi connectivity index (χ2n) is 3.76. The lowest BCUT2D eigenvalue weighted by atomic mass is 10.1. The number of rotatable bonds is 5. The van der Waals surface area contributed by atoms with Crippen molar-refractivity contribution >= 4 is 11.9 Å². The molecule has 0 aromatic rings. The number of amides is 1. The zero-order chi connectivity index (χ0) is 12.1. The second-order valence-corrected chi connectivity index (χ2v) is 3.76. The van der Waals surface area contributed by atoms with Gasteiger partial charge in [-0.2, -0.15) is 0 Å². The first-order valence-corrected chi connectivity index (χ1v) is 5.10. The highest BCUT2D eigenvalue weighted by molar-refractivity contribution is 5.87. The number of carbonyl (C=O) groups excluding carboxylic acids is 1. The predicted octanol–water partition coefficient (Wildman–Crippen LogP) is -2.34. The average molecular weight is 232 g/mol. The molecule has 3 atom stereocenters. The van der Waals surface area contributed by atoms with Crippen molar-refractivity contribution in [1.29, 1.82) is 0 Å². The molecule has 1 aliphatic heterocycles. The van der Waals surface area contributed by atoms with Crippen LogP contribution in [0.5, 0.6) is 0 Å². The minimum absolute atomic E-state index is 0.0314. The van der Waals surface area contributed by atoms with E-state index >= 15 is 0 Å². The van der Waals surface area contributed by atoms with Crippen molar-refractivity contribution in [2.75, 3.05) is 13.2 Å². The van der Waals surface area contributed by atoms with E-state index in [0.717, 1.165) is 0 Å². The van der Waals surface area contributed by atoms with Crippen LogP contribution in [0.2, 0.25) is 0 Å². The van der Waals surface area contributed by atoms with Gasteiger partial charge in [-0.15, -0.1) is 0 Å². The molecule has 1 rings (SSSR count). The van der Waals surface area contributed by atoms with E-state index in [1.54, 1.807) is 0 Å². The molecule has 92 valence electrons. The normalized spacial score (nSPS) is 26.4. The van der Waals surface area contributed by atoms with E-state index in [-0.39, 0.29) is 19.4 Å². The Labute approximate surface area is 92.5 Å². The van der Waals surface area contributed by atoms with Crippen molar-refractivity contribution in [3.05, 3.63) is 0 Å². The van der Waals surface area contributed by atoms with Crippen LogP contribution in [0, 0.1) is 0 Å². The number of hydrogen-bond acceptors (Lipinski definition) is 5. The molecule has 0 radical (unpaired) electrons. The smallest absolute Gasteiger partial charge is 0.326 e. The number of carbonyl (C=O) groups is 2. The first-order chi connectivity index (χ1) is 7.54. The maximum atomic E-state index is 11.6. The maximum absolute atomic E-state index is 11.6. The van der Waals surface area contributed by atoms with E-state index in [4.69, 9.17) is 10.2 Å². The number of aliphatic hydroxyl groups is 2. The highest BCUT2D eigenvalue weighted by Gasteiger charge is 2.30. The molecule has 16 heavy (non-hydrogen) atoms. The van der Waals surface area contributed by atoms with Gasteiger partial charge in [-0.05, 0) is 6.42 Å². The van der Waals surface area contributed by atoms with Crippen molar-refractivity contribution in [1.82, 2.24) is 10.6 Å². The van der Waals surface area contributed by atoms with Crippen LogP contribution in [0.3, 0.4) is 0 Å². The molecule has 0 aromatic heterocycles. The van der Waals surface area contributed by atoms with Gasteiger partial charge in [0.05, 0.1) is 12.1 Å². The first-order valence-electron chi connectivity index (χ1n) is 5.10. The number of aliphatic carboxylic acids is 1. The Hall–Kier alpha value is -1.18. The van der Waals surface area contributed by atoms with E-state index in [1.807, 2.05) is 0 Å². The van der Waals surface area contributed by atoms with Crippen molar-refractivity contribution in [3.8, 4) is 0 Å². The van der Waals surface area contributed by atoms with Crippen molar-refractivity contribution in [2.24, 2.45) is 0 Å². The molecule has 1 heterocycles. The summed E-state index contributed by atoms with van der Waals surface area (Å²) in [6.07, 6.45) is -0.329. The summed E-state index contributed by atoms with van der Waals surface area (Å²) in [6, 6.07) is -1.65. The van der Waals surface area contributed by atoms with E-state index < -0.39 is 30.1 Å². The zero-order valence-electron chi connectivity index (χ0n) is 8.72. The number of carboxylic acid groups (broad SMARTS) is 1. The highest BCUT2D eigenvalue weighted by atomic mass is 16.4. The Morgan fingerprint density at radius 3 is 2.62 bits per heavy atom. The lowest BCUT2D eigenvalue weighted by Gasteiger charge is -2.16. The van der Waals surface area contributed by atoms with E-state index in [9.17, 15) is 14.7 Å². The largest absolute Gasteiger partial charge is 0.480 e. The third-order valence-electron chi connectivity index (χ3n) is 2.46. The van der Waals surface area contributed by atoms with E-state index in [2.05, 4.69) is 10.6 Å². The van der Waals surface area contributed by atoms with Gasteiger partial charge < -0.3 is 26.0 Å². The molecule has 1 aliphatic rings. The molecule has 1 saturated heterocycles. The fourth-order valence-corrected chi connectivity index (χ4v) is 1.58. The Morgan fingerprint density at radius 2 is 2.19 bits per heavy atom. The Balaban J connectivity index is 2.45. The summed E-state index contributed by atoms with van der Waals surface area (Å²) in [4.78, 5) is 22.3. The number of hydrogen-bond donors (Lipinski definition) is 5. The third-order valence-corrected chi connectivity index (χ3v) is 2.46. The van der Waals surface area contributed by atoms with Gasteiger partial charge in [0.2, 0.25) is 5.91 Å². The second kappa shape index (κ2) is 5.78. The lowest BCUT2D eigenvalue weighted by molar-refractivity contribution is -0.142. The topological polar surface area (TPSA) is 119 Å². The standard InChI is InChI=1S/C9H16N2O5/c12-2-1-6(9(15)16)11-8(14)7-3-5(13)4-10-7/h5-7,10,12-13H,1-4H2,(H,11,14)(H,15,16)/t5?,6-,7?/m1/s1. The lowest BCUT2D eigenvalue weighted by Crippen LogP contribution is -2.48. The number of nitrogens with one attached hydrogen (secondary N) is 2. The molecule has 5 N–H and O–H groups in total. The average Bonchev–Trinajstić information content (AvgIpc) is 2.64. The minimum Gasteiger partial charge on any atom is -0.480 e. The number of carboxylic acids is 1. The third kappa shape index (κ3) is 3.44. The van der Waals surface area contributed by atoms with Crippen LogP contribution in [-0.2, 0) is 9.59 Å². The van der Waals surface area contributed by atoms with Crippen molar-refractivity contribution in [2.45, 2.75) is 31.0 Å². The van der Waals surface area contributed by atoms with Gasteiger partial charge >= 0.3 is 5.97 Å². The molecular formula is C9H16N2O5. The molecule has 2 unspecified atom stereocenters. The molecule has 0 bridgehead atoms. The van der Waals surface area contributed by atoms with Crippen LogP contribution in [0.15, 0.2) is 0 Å². The Kier molecular flexibility index (Phi) is 4.66. The highest BCUT2D eigenvalue weighted by Crippen LogP contribution is 2.06. The molecule has 1 fully saturated rings. The monoisotopic (exact) mass is 232 g/mol. The Bertz CT molecular complexity index is 271. The summed E-state index contributed by atoms with van der Waals surface area (Å²) < 4.78 is 0. The molecule has 1 amide bonds. The molecular weight excluding hydrogens is 216 g/mol. The van der Waals surface area contributed by atoms with E-state index in [0.29, 0.717) is 6.54 Å². The molecule has 0 aromatic carbocycles. The van der Waals surface area contributed by atoms with Crippen molar-refractivity contribution in [3.63, 3.8) is 0 Å². The van der Waals surface area contributed by atoms with Gasteiger partial charge in [0, 0.05) is 19.6 Å². The maximum Gasteiger partial charge on any atom is 0.326 e. The molecule has 7 heteroatoms. The molecule has 7 nitrogen and oxygen atoms in total. The minimum atomic E-state index is -1.18. The number of aliphatic hydroxyl groups excluding tert-OH is 2. The van der Waals surface area contributed by atoms with Crippen LogP contribution >= 0.6 is 0 Å². The van der Waals surface area contributed by atoms with Crippen LogP contribution in [0.1, 0.15) is 12.8 Å². The molecule has 0 spiro atoms. The van der Waals surface area contributed by atoms with Crippen LogP contribution in [0.4, 0.5) is 0 Å². The summed E-state index contributed by atoms with van der Waals surface area (Å²) in [6.45, 7) is 0.0216. The summed E-state index contributed by atoms with van der Waals surface area (Å²) >= 11 is 0. The van der Waals surface area contributed by atoms with E-state index in [1.165, 1.54) is 0 Å². The zero-order valence-corrected chi connectivity index (χ0v) is 8.72. The summed E-state index contributed by atoms with van der Waals surface area (Å²) in [5.74, 6) is -1.64. The molecule has 0 saturated carbocycles. The summed E-state index contributed by atoms with van der Waals surface area (Å²) in [5, 5.41) is 31.7. The SMILES string of the molecule is O=C(N[C@H](CCO)C(=O)O)C1CC(O)CN1. The fraction of sp³-hybridized carbons (Fsp3) is 0.778. The summed E-state index contributed by atoms with van der Waals surface area (Å²) in [5.41, 5.74) is 0. The van der Waals surface area contributed by atoms with Gasteiger partial charge in [-0.25, -0.2) is 4.79 Å². The van der Waals surface area contributed by atoms with Gasteiger partial charge in [0.15, 0.2) is 0 Å². The van der Waals surface area contributed by atoms with Gasteiger partial charge in [0.25, 0.3) is 0 Å².